The van der Waals surface area contributed by atoms with Gasteiger partial charge >= 0.3 is 6.09 Å². The Morgan fingerprint density at radius 1 is 1.47 bits per heavy atom. The molecule has 0 spiro atoms. The van der Waals surface area contributed by atoms with Crippen molar-refractivity contribution in [3.63, 3.8) is 0 Å². The Morgan fingerprint density at radius 2 is 2.06 bits per heavy atom. The number of carbonyl (C=O) groups excluding carboxylic acids is 1. The van der Waals surface area contributed by atoms with Crippen molar-refractivity contribution >= 4 is 39.1 Å². The average molecular weight is 304 g/mol. The Kier molecular flexibility index (Phi) is 4.92. The van der Waals surface area contributed by atoms with Crippen LogP contribution in [0.3, 0.4) is 0 Å². The number of nitrogens with one attached hydrogen (secondary N) is 1. The van der Waals surface area contributed by atoms with Crippen molar-refractivity contribution in [2.24, 2.45) is 0 Å². The van der Waals surface area contributed by atoms with Crippen LogP contribution in [0.1, 0.15) is 13.3 Å². The van der Waals surface area contributed by atoms with Crippen molar-refractivity contribution in [2.45, 2.75) is 25.0 Å². The van der Waals surface area contributed by atoms with E-state index >= 15 is 0 Å². The molecule has 1 N–H and O–H groups in total. The van der Waals surface area contributed by atoms with Crippen LogP contribution in [0.15, 0.2) is 0 Å². The summed E-state index contributed by atoms with van der Waals surface area (Å²) in [6, 6.07) is 0. The molecule has 0 saturated carbocycles. The second-order valence-corrected chi connectivity index (χ2v) is 7.16. The molecular weight excluding hydrogens is 289 g/mol. The second kappa shape index (κ2) is 5.63. The summed E-state index contributed by atoms with van der Waals surface area (Å²) in [4.78, 5) is 11.5. The number of carbonyl (C=O) groups is 1. The van der Waals surface area contributed by atoms with Crippen LogP contribution in [-0.4, -0.2) is 49.4 Å². The fourth-order valence-electron chi connectivity index (χ4n) is 1.64. The van der Waals surface area contributed by atoms with Crippen LogP contribution in [0.2, 0.25) is 0 Å². The Hall–Kier alpha value is -0.200. The van der Waals surface area contributed by atoms with E-state index in [1.807, 2.05) is 0 Å². The first-order valence-electron chi connectivity index (χ1n) is 5.11. The maximum atomic E-state index is 11.5. The normalized spacial score (nSPS) is 27.1. The van der Waals surface area contributed by atoms with E-state index in [1.54, 1.807) is 6.92 Å². The topological polar surface area (TPSA) is 72.5 Å². The van der Waals surface area contributed by atoms with Gasteiger partial charge in [-0.05, 0) is 13.3 Å². The van der Waals surface area contributed by atoms with Gasteiger partial charge in [-0.3, -0.25) is 0 Å². The van der Waals surface area contributed by atoms with Crippen molar-refractivity contribution in [1.82, 2.24) is 5.32 Å². The van der Waals surface area contributed by atoms with E-state index < -0.39 is 27.6 Å². The van der Waals surface area contributed by atoms with Gasteiger partial charge in [0.1, 0.15) is 6.10 Å². The minimum absolute atomic E-state index is 0.0679. The smallest absolute Gasteiger partial charge is 0.407 e. The fourth-order valence-corrected chi connectivity index (χ4v) is 4.19. The van der Waals surface area contributed by atoms with Crippen LogP contribution < -0.4 is 5.32 Å². The van der Waals surface area contributed by atoms with Gasteiger partial charge in [0.05, 0.1) is 28.8 Å². The third-order valence-electron chi connectivity index (χ3n) is 2.53. The molecule has 100 valence electrons. The standard InChI is InChI=1S/C9H15Cl2NO4S/c1-9(2-3-17(14,15)6-9)12-8(13)16-7(4-10)5-11/h7H,2-6H2,1H3,(H,12,13). The molecule has 0 aromatic rings. The highest BCUT2D eigenvalue weighted by atomic mass is 35.5. The highest BCUT2D eigenvalue weighted by Crippen LogP contribution is 2.22. The molecule has 1 aliphatic rings. The zero-order valence-electron chi connectivity index (χ0n) is 9.41. The molecule has 0 aromatic carbocycles. The first-order chi connectivity index (χ1) is 7.80. The Labute approximate surface area is 111 Å². The van der Waals surface area contributed by atoms with Crippen molar-refractivity contribution in [3.8, 4) is 0 Å². The monoisotopic (exact) mass is 303 g/mol. The molecular formula is C9H15Cl2NO4S. The predicted octanol–water partition coefficient (Wildman–Crippen LogP) is 1.14. The molecule has 1 aliphatic heterocycles. The molecule has 0 radical (unpaired) electrons. The second-order valence-electron chi connectivity index (χ2n) is 4.36. The molecule has 0 aliphatic carbocycles. The lowest BCUT2D eigenvalue weighted by molar-refractivity contribution is 0.110. The van der Waals surface area contributed by atoms with Crippen molar-refractivity contribution in [1.29, 1.82) is 0 Å². The quantitative estimate of drug-likeness (QED) is 0.790. The third-order valence-corrected chi connectivity index (χ3v) is 5.12. The number of alkyl halides is 2. The van der Waals surface area contributed by atoms with Crippen LogP contribution >= 0.6 is 23.2 Å². The lowest BCUT2D eigenvalue weighted by Gasteiger charge is -2.24. The third kappa shape index (κ3) is 4.52. The number of ether oxygens (including phenoxy) is 1. The number of sulfone groups is 1. The number of amides is 1. The zero-order chi connectivity index (χ0) is 13.1. The van der Waals surface area contributed by atoms with Gasteiger partial charge in [-0.2, -0.15) is 0 Å². The number of hydrogen-bond acceptors (Lipinski definition) is 4. The minimum Gasteiger partial charge on any atom is -0.444 e. The molecule has 0 aromatic heterocycles. The highest BCUT2D eigenvalue weighted by Gasteiger charge is 2.40. The van der Waals surface area contributed by atoms with Gasteiger partial charge in [-0.15, -0.1) is 23.2 Å². The molecule has 1 rings (SSSR count). The molecule has 1 unspecified atom stereocenters. The van der Waals surface area contributed by atoms with Crippen LogP contribution in [0.5, 0.6) is 0 Å². The maximum absolute atomic E-state index is 11.5. The summed E-state index contributed by atoms with van der Waals surface area (Å²) in [6.07, 6.45) is -0.868. The average Bonchev–Trinajstić information content (AvgIpc) is 2.49. The first kappa shape index (κ1) is 14.9. The first-order valence-corrected chi connectivity index (χ1v) is 8.00. The van der Waals surface area contributed by atoms with E-state index in [-0.39, 0.29) is 23.3 Å². The number of hydrogen-bond donors (Lipinski definition) is 1. The molecule has 1 heterocycles. The summed E-state index contributed by atoms with van der Waals surface area (Å²) < 4.78 is 27.6. The molecule has 0 bridgehead atoms. The highest BCUT2D eigenvalue weighted by molar-refractivity contribution is 7.91. The molecule has 1 saturated heterocycles. The van der Waals surface area contributed by atoms with Crippen LogP contribution in [0.25, 0.3) is 0 Å². The largest absolute Gasteiger partial charge is 0.444 e. The summed E-state index contributed by atoms with van der Waals surface area (Å²) in [5.74, 6) is 0.220. The molecule has 5 nitrogen and oxygen atoms in total. The van der Waals surface area contributed by atoms with Gasteiger partial charge < -0.3 is 10.1 Å². The van der Waals surface area contributed by atoms with Gasteiger partial charge in [0, 0.05) is 0 Å². The Balaban J connectivity index is 2.52. The fraction of sp³-hybridized carbons (Fsp3) is 0.889. The predicted molar refractivity (Wildman–Crippen MR) is 66.5 cm³/mol. The molecule has 1 fully saturated rings. The Morgan fingerprint density at radius 3 is 2.47 bits per heavy atom. The van der Waals surface area contributed by atoms with Crippen LogP contribution in [-0.2, 0) is 14.6 Å². The van der Waals surface area contributed by atoms with Gasteiger partial charge in [0.2, 0.25) is 0 Å². The van der Waals surface area contributed by atoms with E-state index in [4.69, 9.17) is 27.9 Å². The molecule has 1 amide bonds. The van der Waals surface area contributed by atoms with Crippen molar-refractivity contribution in [2.75, 3.05) is 23.3 Å². The molecule has 17 heavy (non-hydrogen) atoms. The lowest BCUT2D eigenvalue weighted by Crippen LogP contribution is -2.48. The Bertz CT molecular complexity index is 382. The van der Waals surface area contributed by atoms with Gasteiger partial charge in [0.15, 0.2) is 9.84 Å². The summed E-state index contributed by atoms with van der Waals surface area (Å²) in [5.41, 5.74) is -0.765. The van der Waals surface area contributed by atoms with E-state index in [1.165, 1.54) is 0 Å². The number of rotatable bonds is 4. The van der Waals surface area contributed by atoms with E-state index in [0.717, 1.165) is 0 Å². The molecule has 8 heteroatoms. The zero-order valence-corrected chi connectivity index (χ0v) is 11.7. The van der Waals surface area contributed by atoms with E-state index in [9.17, 15) is 13.2 Å². The van der Waals surface area contributed by atoms with Gasteiger partial charge in [-0.25, -0.2) is 13.2 Å². The van der Waals surface area contributed by atoms with E-state index in [0.29, 0.717) is 6.42 Å². The number of alkyl carbamates (subject to hydrolysis) is 1. The van der Waals surface area contributed by atoms with Crippen LogP contribution in [0, 0.1) is 0 Å². The van der Waals surface area contributed by atoms with Gasteiger partial charge in [-0.1, -0.05) is 0 Å². The summed E-state index contributed by atoms with van der Waals surface area (Å²) in [5, 5.41) is 2.55. The van der Waals surface area contributed by atoms with Gasteiger partial charge in [0.25, 0.3) is 0 Å². The van der Waals surface area contributed by atoms with Crippen molar-refractivity contribution < 1.29 is 17.9 Å². The minimum atomic E-state index is -3.06. The summed E-state index contributed by atoms with van der Waals surface area (Å²) in [7, 11) is -3.06. The summed E-state index contributed by atoms with van der Waals surface area (Å²) >= 11 is 11.0. The maximum Gasteiger partial charge on any atom is 0.407 e. The van der Waals surface area contributed by atoms with Crippen LogP contribution in [0.4, 0.5) is 4.79 Å². The number of halogens is 2. The molecule has 1 atom stereocenters. The van der Waals surface area contributed by atoms with E-state index in [2.05, 4.69) is 5.32 Å². The van der Waals surface area contributed by atoms with Crippen molar-refractivity contribution in [3.05, 3.63) is 0 Å². The summed E-state index contributed by atoms with van der Waals surface area (Å²) in [6.45, 7) is 1.68. The lowest BCUT2D eigenvalue weighted by atomic mass is 10.0. The SMILES string of the molecule is CC1(NC(=O)OC(CCl)CCl)CCS(=O)(=O)C1.